The molecule has 1 heterocycles. The molecule has 1 N–H and O–H groups in total. The van der Waals surface area contributed by atoms with Gasteiger partial charge in [0.15, 0.2) is 0 Å². The zero-order valence-electron chi connectivity index (χ0n) is 16.4. The number of nitrogens with zero attached hydrogens (tertiary/aromatic N) is 2. The lowest BCUT2D eigenvalue weighted by Gasteiger charge is -2.34. The van der Waals surface area contributed by atoms with E-state index in [0.717, 1.165) is 11.1 Å². The maximum Gasteiger partial charge on any atom is 0.282 e. The fourth-order valence-electron chi connectivity index (χ4n) is 3.18. The molecule has 0 spiro atoms. The summed E-state index contributed by atoms with van der Waals surface area (Å²) in [4.78, 5) is 12.4. The molecule has 29 heavy (non-hydrogen) atoms. The van der Waals surface area contributed by atoms with Crippen molar-refractivity contribution < 1.29 is 17.9 Å². The van der Waals surface area contributed by atoms with Gasteiger partial charge in [0.1, 0.15) is 5.75 Å². The molecular weight excluding hydrogens is 414 g/mol. The highest BCUT2D eigenvalue weighted by Gasteiger charge is 2.34. The van der Waals surface area contributed by atoms with Gasteiger partial charge in [-0.3, -0.25) is 4.79 Å². The number of hydrogen-bond acceptors (Lipinski definition) is 4. The highest BCUT2D eigenvalue weighted by molar-refractivity contribution is 7.86. The first-order valence-electron chi connectivity index (χ1n) is 9.24. The molecule has 0 radical (unpaired) electrons. The van der Waals surface area contributed by atoms with Gasteiger partial charge in [-0.25, -0.2) is 0 Å². The molecule has 0 atom stereocenters. The Labute approximate surface area is 176 Å². The summed E-state index contributed by atoms with van der Waals surface area (Å²) in [5.41, 5.74) is 2.26. The number of ether oxygens (including phenoxy) is 1. The summed E-state index contributed by atoms with van der Waals surface area (Å²) in [6, 6.07) is 12.6. The largest absolute Gasteiger partial charge is 0.497 e. The number of hydrogen-bond donors (Lipinski definition) is 1. The topological polar surface area (TPSA) is 79.0 Å². The van der Waals surface area contributed by atoms with Crippen LogP contribution >= 0.6 is 11.6 Å². The maximum absolute atomic E-state index is 13.0. The number of carbonyl (C=O) groups is 1. The van der Waals surface area contributed by atoms with E-state index in [-0.39, 0.29) is 13.1 Å². The molecule has 1 fully saturated rings. The fraction of sp³-hybridized carbons (Fsp3) is 0.350. The first-order valence-corrected chi connectivity index (χ1v) is 11.0. The third kappa shape index (κ3) is 5.27. The number of carbonyl (C=O) groups excluding carboxylic acids is 1. The summed E-state index contributed by atoms with van der Waals surface area (Å²) in [6.45, 7) is 2.56. The number of rotatable bonds is 6. The summed E-state index contributed by atoms with van der Waals surface area (Å²) in [7, 11) is -2.19. The number of anilines is 1. The van der Waals surface area contributed by atoms with Crippen LogP contribution in [0.5, 0.6) is 5.75 Å². The molecule has 0 saturated carbocycles. The second-order valence-corrected chi connectivity index (χ2v) is 9.25. The van der Waals surface area contributed by atoms with Gasteiger partial charge >= 0.3 is 0 Å². The van der Waals surface area contributed by atoms with Gasteiger partial charge in [0.05, 0.1) is 24.4 Å². The molecule has 3 rings (SSSR count). The molecular formula is C20H24ClN3O4S. The van der Waals surface area contributed by atoms with Crippen molar-refractivity contribution in [3.63, 3.8) is 0 Å². The number of amides is 1. The molecule has 2 aromatic rings. The van der Waals surface area contributed by atoms with Gasteiger partial charge in [0, 0.05) is 19.6 Å². The van der Waals surface area contributed by atoms with Crippen LogP contribution in [-0.4, -0.2) is 49.7 Å². The third-order valence-electron chi connectivity index (χ3n) is 4.68. The van der Waals surface area contributed by atoms with Crippen LogP contribution < -0.4 is 10.1 Å². The minimum absolute atomic E-state index is 0.224. The standard InChI is InChI=1S/C20H24ClN3O4S/c1-15-7-8-19(18(21)11-15)22-20(25)14-24-10-4-9-23(29(24,26)27)13-16-5-3-6-17(12-16)28-2/h3,5-8,11-12H,4,9-10,13-14H2,1-2H3,(H,22,25). The van der Waals surface area contributed by atoms with Crippen LogP contribution in [0.25, 0.3) is 0 Å². The summed E-state index contributed by atoms with van der Waals surface area (Å²) in [6.07, 6.45) is 0.641. The Morgan fingerprint density at radius 1 is 1.17 bits per heavy atom. The van der Waals surface area contributed by atoms with Crippen molar-refractivity contribution in [2.24, 2.45) is 0 Å². The predicted octanol–water partition coefficient (Wildman–Crippen LogP) is 3.05. The van der Waals surface area contributed by atoms with Crippen LogP contribution in [0.2, 0.25) is 5.02 Å². The van der Waals surface area contributed by atoms with E-state index in [1.165, 1.54) is 8.61 Å². The lowest BCUT2D eigenvalue weighted by atomic mass is 10.2. The Kier molecular flexibility index (Phi) is 6.79. The molecule has 2 aromatic carbocycles. The monoisotopic (exact) mass is 437 g/mol. The number of benzene rings is 2. The average Bonchev–Trinajstić information content (AvgIpc) is 2.67. The van der Waals surface area contributed by atoms with Crippen LogP contribution in [0.4, 0.5) is 5.69 Å². The van der Waals surface area contributed by atoms with E-state index in [2.05, 4.69) is 5.32 Å². The highest BCUT2D eigenvalue weighted by atomic mass is 35.5. The quantitative estimate of drug-likeness (QED) is 0.753. The lowest BCUT2D eigenvalue weighted by Crippen LogP contribution is -2.51. The molecule has 0 aliphatic carbocycles. The van der Waals surface area contributed by atoms with Crippen molar-refractivity contribution in [3.8, 4) is 5.75 Å². The molecule has 1 saturated heterocycles. The number of aryl methyl sites for hydroxylation is 1. The highest BCUT2D eigenvalue weighted by Crippen LogP contribution is 2.24. The molecule has 0 aromatic heterocycles. The minimum atomic E-state index is -3.75. The van der Waals surface area contributed by atoms with Crippen LogP contribution in [0.15, 0.2) is 42.5 Å². The molecule has 9 heteroatoms. The molecule has 0 unspecified atom stereocenters. The Morgan fingerprint density at radius 2 is 1.93 bits per heavy atom. The van der Waals surface area contributed by atoms with Crippen LogP contribution in [0.1, 0.15) is 17.5 Å². The fourth-order valence-corrected chi connectivity index (χ4v) is 5.11. The maximum atomic E-state index is 13.0. The van der Waals surface area contributed by atoms with E-state index in [1.807, 2.05) is 25.1 Å². The van der Waals surface area contributed by atoms with Crippen molar-refractivity contribution in [2.45, 2.75) is 19.9 Å². The average molecular weight is 438 g/mol. The van der Waals surface area contributed by atoms with Gasteiger partial charge in [0.25, 0.3) is 10.2 Å². The third-order valence-corrected chi connectivity index (χ3v) is 6.92. The van der Waals surface area contributed by atoms with E-state index in [9.17, 15) is 13.2 Å². The zero-order chi connectivity index (χ0) is 21.0. The first kappa shape index (κ1) is 21.6. The number of nitrogens with one attached hydrogen (secondary N) is 1. The molecule has 1 aliphatic heterocycles. The second kappa shape index (κ2) is 9.13. The Balaban J connectivity index is 1.68. The SMILES string of the molecule is COc1cccc(CN2CCCN(CC(=O)Nc3ccc(C)cc3Cl)S2(=O)=O)c1. The molecule has 1 amide bonds. The summed E-state index contributed by atoms with van der Waals surface area (Å²) in [5.74, 6) is 0.241. The Hall–Kier alpha value is -2.13. The van der Waals surface area contributed by atoms with Gasteiger partial charge in [0.2, 0.25) is 5.91 Å². The molecule has 0 bridgehead atoms. The number of halogens is 1. The van der Waals surface area contributed by atoms with Crippen LogP contribution in [-0.2, 0) is 21.5 Å². The van der Waals surface area contributed by atoms with E-state index in [0.29, 0.717) is 36.0 Å². The lowest BCUT2D eigenvalue weighted by molar-refractivity contribution is -0.116. The zero-order valence-corrected chi connectivity index (χ0v) is 18.0. The Morgan fingerprint density at radius 3 is 2.66 bits per heavy atom. The Bertz CT molecular complexity index is 997. The van der Waals surface area contributed by atoms with Gasteiger partial charge in [-0.2, -0.15) is 17.0 Å². The normalized spacial score (nSPS) is 17.1. The van der Waals surface area contributed by atoms with Crippen molar-refractivity contribution >= 4 is 33.4 Å². The molecule has 7 nitrogen and oxygen atoms in total. The first-order chi connectivity index (χ1) is 13.8. The number of methoxy groups -OCH3 is 1. The van der Waals surface area contributed by atoms with Crippen molar-refractivity contribution in [2.75, 3.05) is 32.1 Å². The second-order valence-electron chi connectivity index (χ2n) is 6.91. The van der Waals surface area contributed by atoms with E-state index in [1.54, 1.807) is 31.4 Å². The summed E-state index contributed by atoms with van der Waals surface area (Å²) < 4.78 is 33.8. The van der Waals surface area contributed by atoms with Gasteiger partial charge in [-0.15, -0.1) is 0 Å². The van der Waals surface area contributed by atoms with Crippen molar-refractivity contribution in [1.82, 2.24) is 8.61 Å². The van der Waals surface area contributed by atoms with Gasteiger partial charge < -0.3 is 10.1 Å². The molecule has 156 valence electrons. The van der Waals surface area contributed by atoms with E-state index >= 15 is 0 Å². The van der Waals surface area contributed by atoms with E-state index in [4.69, 9.17) is 16.3 Å². The van der Waals surface area contributed by atoms with Crippen molar-refractivity contribution in [1.29, 1.82) is 0 Å². The summed E-state index contributed by atoms with van der Waals surface area (Å²) >= 11 is 6.15. The minimum Gasteiger partial charge on any atom is -0.497 e. The van der Waals surface area contributed by atoms with E-state index < -0.39 is 16.1 Å². The molecule has 1 aliphatic rings. The predicted molar refractivity (Wildman–Crippen MR) is 113 cm³/mol. The summed E-state index contributed by atoms with van der Waals surface area (Å²) in [5, 5.41) is 3.11. The van der Waals surface area contributed by atoms with Gasteiger partial charge in [-0.05, 0) is 48.7 Å². The van der Waals surface area contributed by atoms with Crippen LogP contribution in [0, 0.1) is 6.92 Å². The van der Waals surface area contributed by atoms with Crippen LogP contribution in [0.3, 0.4) is 0 Å². The van der Waals surface area contributed by atoms with Crippen molar-refractivity contribution in [3.05, 3.63) is 58.6 Å². The smallest absolute Gasteiger partial charge is 0.282 e. The van der Waals surface area contributed by atoms with Gasteiger partial charge in [-0.1, -0.05) is 29.8 Å².